The van der Waals surface area contributed by atoms with Gasteiger partial charge in [0.25, 0.3) is 5.91 Å². The average Bonchev–Trinajstić information content (AvgIpc) is 3.17. The standard InChI is InChI=1S/C14H19NO2S/c1-10-3-6-12(18)9-13(10)14(16)15(7-8-17-2)11-4-5-11/h3,6,9,11,18H,4-5,7-8H2,1-2H3. The zero-order valence-electron chi connectivity index (χ0n) is 10.8. The van der Waals surface area contributed by atoms with E-state index in [0.717, 1.165) is 28.9 Å². The van der Waals surface area contributed by atoms with Gasteiger partial charge in [0.2, 0.25) is 0 Å². The van der Waals surface area contributed by atoms with Crippen molar-refractivity contribution in [3.05, 3.63) is 29.3 Å². The topological polar surface area (TPSA) is 29.5 Å². The molecule has 0 radical (unpaired) electrons. The van der Waals surface area contributed by atoms with Crippen molar-refractivity contribution in [1.82, 2.24) is 4.90 Å². The van der Waals surface area contributed by atoms with Gasteiger partial charge < -0.3 is 9.64 Å². The highest BCUT2D eigenvalue weighted by Gasteiger charge is 2.33. The molecule has 0 unspecified atom stereocenters. The molecule has 98 valence electrons. The molecular formula is C14H19NO2S. The van der Waals surface area contributed by atoms with E-state index in [-0.39, 0.29) is 5.91 Å². The molecule has 1 amide bonds. The lowest BCUT2D eigenvalue weighted by Crippen LogP contribution is -2.36. The van der Waals surface area contributed by atoms with Crippen molar-refractivity contribution >= 4 is 18.5 Å². The van der Waals surface area contributed by atoms with Crippen LogP contribution in [0.3, 0.4) is 0 Å². The van der Waals surface area contributed by atoms with Gasteiger partial charge in [0.05, 0.1) is 6.61 Å². The average molecular weight is 265 g/mol. The van der Waals surface area contributed by atoms with Crippen LogP contribution in [0.1, 0.15) is 28.8 Å². The summed E-state index contributed by atoms with van der Waals surface area (Å²) < 4.78 is 5.08. The predicted molar refractivity (Wildman–Crippen MR) is 74.4 cm³/mol. The molecule has 3 nitrogen and oxygen atoms in total. The predicted octanol–water partition coefficient (Wildman–Crippen LogP) is 2.53. The maximum Gasteiger partial charge on any atom is 0.254 e. The van der Waals surface area contributed by atoms with Gasteiger partial charge in [-0.2, -0.15) is 0 Å². The number of carbonyl (C=O) groups is 1. The Hall–Kier alpha value is -1.00. The number of hydrogen-bond acceptors (Lipinski definition) is 3. The number of amides is 1. The van der Waals surface area contributed by atoms with Gasteiger partial charge in [-0.1, -0.05) is 6.07 Å². The Balaban J connectivity index is 2.19. The Morgan fingerprint density at radius 1 is 1.50 bits per heavy atom. The maximum absolute atomic E-state index is 12.5. The minimum Gasteiger partial charge on any atom is -0.383 e. The summed E-state index contributed by atoms with van der Waals surface area (Å²) in [5.41, 5.74) is 1.76. The molecule has 0 N–H and O–H groups in total. The largest absolute Gasteiger partial charge is 0.383 e. The molecule has 4 heteroatoms. The third-order valence-electron chi connectivity index (χ3n) is 3.24. The summed E-state index contributed by atoms with van der Waals surface area (Å²) in [6.07, 6.45) is 2.21. The molecule has 0 atom stereocenters. The van der Waals surface area contributed by atoms with Gasteiger partial charge in [-0.25, -0.2) is 0 Å². The van der Waals surface area contributed by atoms with E-state index in [2.05, 4.69) is 12.6 Å². The van der Waals surface area contributed by atoms with Crippen LogP contribution in [-0.4, -0.2) is 37.1 Å². The molecule has 1 fully saturated rings. The summed E-state index contributed by atoms with van der Waals surface area (Å²) in [5.74, 6) is 0.1000. The zero-order chi connectivity index (χ0) is 13.1. The number of nitrogens with zero attached hydrogens (tertiary/aromatic N) is 1. The van der Waals surface area contributed by atoms with E-state index in [4.69, 9.17) is 4.74 Å². The smallest absolute Gasteiger partial charge is 0.254 e. The summed E-state index contributed by atoms with van der Waals surface area (Å²) in [5, 5.41) is 0. The van der Waals surface area contributed by atoms with E-state index in [9.17, 15) is 4.79 Å². The Morgan fingerprint density at radius 3 is 2.83 bits per heavy atom. The lowest BCUT2D eigenvalue weighted by Gasteiger charge is -2.23. The van der Waals surface area contributed by atoms with Crippen molar-refractivity contribution in [2.45, 2.75) is 30.7 Å². The molecule has 0 aliphatic heterocycles. The fourth-order valence-electron chi connectivity index (χ4n) is 2.02. The number of hydrogen-bond donors (Lipinski definition) is 1. The molecule has 0 saturated heterocycles. The van der Waals surface area contributed by atoms with Gasteiger partial charge >= 0.3 is 0 Å². The molecule has 1 aliphatic rings. The molecule has 0 aromatic heterocycles. The fraction of sp³-hybridized carbons (Fsp3) is 0.500. The summed E-state index contributed by atoms with van der Waals surface area (Å²) >= 11 is 4.31. The lowest BCUT2D eigenvalue weighted by molar-refractivity contribution is 0.0679. The van der Waals surface area contributed by atoms with Crippen LogP contribution in [0.2, 0.25) is 0 Å². The number of methoxy groups -OCH3 is 1. The zero-order valence-corrected chi connectivity index (χ0v) is 11.7. The minimum atomic E-state index is 0.1000. The summed E-state index contributed by atoms with van der Waals surface area (Å²) in [6, 6.07) is 6.10. The van der Waals surface area contributed by atoms with Crippen LogP contribution in [0.15, 0.2) is 23.1 Å². The van der Waals surface area contributed by atoms with Crippen LogP contribution >= 0.6 is 12.6 Å². The van der Waals surface area contributed by atoms with Crippen molar-refractivity contribution in [3.63, 3.8) is 0 Å². The summed E-state index contributed by atoms with van der Waals surface area (Å²) in [4.78, 5) is 15.3. The molecule has 2 rings (SSSR count). The van der Waals surface area contributed by atoms with Crippen LogP contribution in [0, 0.1) is 6.92 Å². The number of benzene rings is 1. The van der Waals surface area contributed by atoms with Gasteiger partial charge in [-0.05, 0) is 37.5 Å². The van der Waals surface area contributed by atoms with Gasteiger partial charge in [0.15, 0.2) is 0 Å². The highest BCUT2D eigenvalue weighted by molar-refractivity contribution is 7.80. The number of thiol groups is 1. The maximum atomic E-state index is 12.5. The number of carbonyl (C=O) groups excluding carboxylic acids is 1. The molecule has 1 aromatic rings. The molecule has 0 bridgehead atoms. The van der Waals surface area contributed by atoms with Gasteiger partial charge in [-0.15, -0.1) is 12.6 Å². The third-order valence-corrected chi connectivity index (χ3v) is 3.51. The van der Waals surface area contributed by atoms with E-state index in [1.807, 2.05) is 30.0 Å². The fourth-order valence-corrected chi connectivity index (χ4v) is 2.22. The molecule has 1 aromatic carbocycles. The summed E-state index contributed by atoms with van der Waals surface area (Å²) in [6.45, 7) is 3.21. The molecule has 1 saturated carbocycles. The quantitative estimate of drug-likeness (QED) is 0.829. The van der Waals surface area contributed by atoms with Gasteiger partial charge in [-0.3, -0.25) is 4.79 Å². The van der Waals surface area contributed by atoms with Crippen LogP contribution in [-0.2, 0) is 4.74 Å². The van der Waals surface area contributed by atoms with Crippen molar-refractivity contribution in [2.75, 3.05) is 20.3 Å². The SMILES string of the molecule is COCCN(C(=O)c1cc(S)ccc1C)C1CC1. The lowest BCUT2D eigenvalue weighted by atomic mass is 10.1. The monoisotopic (exact) mass is 265 g/mol. The van der Waals surface area contributed by atoms with E-state index in [0.29, 0.717) is 19.2 Å². The first kappa shape index (κ1) is 13.4. The van der Waals surface area contributed by atoms with Gasteiger partial charge in [0, 0.05) is 30.2 Å². The van der Waals surface area contributed by atoms with Crippen molar-refractivity contribution in [2.24, 2.45) is 0 Å². The Kier molecular flexibility index (Phi) is 4.30. The molecule has 0 heterocycles. The van der Waals surface area contributed by atoms with Crippen LogP contribution in [0.25, 0.3) is 0 Å². The van der Waals surface area contributed by atoms with Crippen LogP contribution < -0.4 is 0 Å². The highest BCUT2D eigenvalue weighted by Crippen LogP contribution is 2.29. The number of ether oxygens (including phenoxy) is 1. The Morgan fingerprint density at radius 2 is 2.22 bits per heavy atom. The first-order valence-corrected chi connectivity index (χ1v) is 6.67. The Bertz CT molecular complexity index is 443. The number of aryl methyl sites for hydroxylation is 1. The first-order valence-electron chi connectivity index (χ1n) is 6.23. The second-order valence-corrected chi connectivity index (χ2v) is 5.24. The van der Waals surface area contributed by atoms with E-state index >= 15 is 0 Å². The van der Waals surface area contributed by atoms with E-state index in [1.54, 1.807) is 7.11 Å². The second kappa shape index (κ2) is 5.76. The molecule has 18 heavy (non-hydrogen) atoms. The Labute approximate surface area is 114 Å². The van der Waals surface area contributed by atoms with E-state index in [1.165, 1.54) is 0 Å². The molecule has 1 aliphatic carbocycles. The van der Waals surface area contributed by atoms with Crippen LogP contribution in [0.5, 0.6) is 0 Å². The second-order valence-electron chi connectivity index (χ2n) is 4.72. The number of rotatable bonds is 5. The highest BCUT2D eigenvalue weighted by atomic mass is 32.1. The van der Waals surface area contributed by atoms with Crippen LogP contribution in [0.4, 0.5) is 0 Å². The van der Waals surface area contributed by atoms with Crippen molar-refractivity contribution in [1.29, 1.82) is 0 Å². The minimum absolute atomic E-state index is 0.1000. The van der Waals surface area contributed by atoms with Crippen molar-refractivity contribution < 1.29 is 9.53 Å². The van der Waals surface area contributed by atoms with E-state index < -0.39 is 0 Å². The molecular weight excluding hydrogens is 246 g/mol. The summed E-state index contributed by atoms with van der Waals surface area (Å²) in [7, 11) is 1.66. The normalized spacial score (nSPS) is 14.6. The van der Waals surface area contributed by atoms with Gasteiger partial charge in [0.1, 0.15) is 0 Å². The third kappa shape index (κ3) is 3.06. The van der Waals surface area contributed by atoms with Crippen molar-refractivity contribution in [3.8, 4) is 0 Å². The first-order chi connectivity index (χ1) is 8.63. The molecule has 0 spiro atoms.